The zero-order valence-electron chi connectivity index (χ0n) is 8.72. The Morgan fingerprint density at radius 2 is 1.94 bits per heavy atom. The normalized spacial score (nSPS) is 24.2. The van der Waals surface area contributed by atoms with Gasteiger partial charge in [0.05, 0.1) is 0 Å². The Balaban J connectivity index is 2.05. The third-order valence-corrected chi connectivity index (χ3v) is 2.86. The molecule has 1 aliphatic rings. The molecule has 4 heteroatoms. The molecular weight excluding hydrogens is 206 g/mol. The number of aliphatic carboxylic acids is 1. The molecule has 1 aliphatic heterocycles. The molecule has 2 unspecified atom stereocenters. The van der Waals surface area contributed by atoms with Crippen molar-refractivity contribution >= 4 is 11.8 Å². The highest BCUT2D eigenvalue weighted by Crippen LogP contribution is 2.19. The van der Waals surface area contributed by atoms with E-state index in [2.05, 4.69) is 5.32 Å². The van der Waals surface area contributed by atoms with E-state index in [0.717, 1.165) is 0 Å². The maximum Gasteiger partial charge on any atom is 0.320 e. The lowest BCUT2D eigenvalue weighted by atomic mass is 9.95. The maximum absolute atomic E-state index is 12.0. The molecule has 0 amide bonds. The van der Waals surface area contributed by atoms with Crippen molar-refractivity contribution in [1.82, 2.24) is 5.32 Å². The topological polar surface area (TPSA) is 66.4 Å². The maximum atomic E-state index is 12.0. The molecule has 16 heavy (non-hydrogen) atoms. The van der Waals surface area contributed by atoms with Gasteiger partial charge in [-0.2, -0.15) is 0 Å². The predicted octanol–water partition coefficient (Wildman–Crippen LogP) is 0.932. The summed E-state index contributed by atoms with van der Waals surface area (Å²) in [6.07, 6.45) is 0.378. The molecule has 1 fully saturated rings. The lowest BCUT2D eigenvalue weighted by Gasteiger charge is -2.06. The smallest absolute Gasteiger partial charge is 0.320 e. The third-order valence-electron chi connectivity index (χ3n) is 2.86. The molecule has 1 aromatic carbocycles. The average molecular weight is 219 g/mol. The van der Waals surface area contributed by atoms with E-state index in [4.69, 9.17) is 5.11 Å². The van der Waals surface area contributed by atoms with Crippen LogP contribution in [0.1, 0.15) is 16.8 Å². The summed E-state index contributed by atoms with van der Waals surface area (Å²) in [5, 5.41) is 11.6. The van der Waals surface area contributed by atoms with Crippen LogP contribution in [0, 0.1) is 5.92 Å². The van der Waals surface area contributed by atoms with E-state index in [-0.39, 0.29) is 11.7 Å². The van der Waals surface area contributed by atoms with Gasteiger partial charge in [0.15, 0.2) is 5.78 Å². The van der Waals surface area contributed by atoms with Crippen molar-refractivity contribution in [3.63, 3.8) is 0 Å². The molecule has 1 aromatic rings. The first-order valence-corrected chi connectivity index (χ1v) is 5.24. The van der Waals surface area contributed by atoms with Crippen LogP contribution < -0.4 is 5.32 Å². The first kappa shape index (κ1) is 10.8. The number of ketones is 1. The molecule has 1 saturated heterocycles. The first-order chi connectivity index (χ1) is 7.68. The van der Waals surface area contributed by atoms with Gasteiger partial charge in [-0.15, -0.1) is 0 Å². The van der Waals surface area contributed by atoms with Crippen molar-refractivity contribution in [2.24, 2.45) is 5.92 Å². The van der Waals surface area contributed by atoms with Gasteiger partial charge < -0.3 is 10.4 Å². The molecule has 0 saturated carbocycles. The molecule has 0 bridgehead atoms. The molecule has 0 aliphatic carbocycles. The number of rotatable bonds is 3. The molecule has 0 spiro atoms. The number of carboxylic acids is 1. The number of carbonyl (C=O) groups excluding carboxylic acids is 1. The molecule has 4 nitrogen and oxygen atoms in total. The zero-order valence-corrected chi connectivity index (χ0v) is 8.72. The van der Waals surface area contributed by atoms with Gasteiger partial charge in [-0.3, -0.25) is 9.59 Å². The molecule has 2 rings (SSSR count). The number of carboxylic acid groups (broad SMARTS) is 1. The van der Waals surface area contributed by atoms with Crippen LogP contribution in [0.4, 0.5) is 0 Å². The zero-order chi connectivity index (χ0) is 11.5. The minimum Gasteiger partial charge on any atom is -0.480 e. The molecule has 0 radical (unpaired) electrons. The Bertz CT molecular complexity index is 402. The van der Waals surface area contributed by atoms with Gasteiger partial charge in [0, 0.05) is 18.0 Å². The van der Waals surface area contributed by atoms with Crippen molar-refractivity contribution in [1.29, 1.82) is 0 Å². The van der Waals surface area contributed by atoms with E-state index in [0.29, 0.717) is 18.5 Å². The SMILES string of the molecule is O=C(c1ccccc1)C1CNC(C(=O)O)C1. The van der Waals surface area contributed by atoms with Crippen LogP contribution in [-0.2, 0) is 4.79 Å². The summed E-state index contributed by atoms with van der Waals surface area (Å²) in [5.41, 5.74) is 0.653. The molecule has 2 atom stereocenters. The highest BCUT2D eigenvalue weighted by Gasteiger charge is 2.33. The van der Waals surface area contributed by atoms with E-state index in [1.54, 1.807) is 12.1 Å². The molecular formula is C12H13NO3. The minimum atomic E-state index is -0.886. The van der Waals surface area contributed by atoms with Crippen LogP contribution in [-0.4, -0.2) is 29.4 Å². The second-order valence-corrected chi connectivity index (χ2v) is 3.96. The Labute approximate surface area is 93.3 Å². The van der Waals surface area contributed by atoms with Crippen LogP contribution in [0.5, 0.6) is 0 Å². The fraction of sp³-hybridized carbons (Fsp3) is 0.333. The lowest BCUT2D eigenvalue weighted by Crippen LogP contribution is -2.29. The molecule has 84 valence electrons. The predicted molar refractivity (Wildman–Crippen MR) is 58.3 cm³/mol. The van der Waals surface area contributed by atoms with Crippen LogP contribution in [0.2, 0.25) is 0 Å². The van der Waals surface area contributed by atoms with Crippen molar-refractivity contribution in [3.05, 3.63) is 35.9 Å². The van der Waals surface area contributed by atoms with E-state index in [1.165, 1.54) is 0 Å². The standard InChI is InChI=1S/C12H13NO3/c14-11(8-4-2-1-3-5-8)9-6-10(12(15)16)13-7-9/h1-5,9-10,13H,6-7H2,(H,15,16). The Morgan fingerprint density at radius 1 is 1.25 bits per heavy atom. The minimum absolute atomic E-state index is 0.0249. The Hall–Kier alpha value is -1.68. The van der Waals surface area contributed by atoms with Crippen LogP contribution in [0.25, 0.3) is 0 Å². The van der Waals surface area contributed by atoms with Crippen molar-refractivity contribution in [2.45, 2.75) is 12.5 Å². The van der Waals surface area contributed by atoms with Gasteiger partial charge in [-0.05, 0) is 6.42 Å². The van der Waals surface area contributed by atoms with Gasteiger partial charge >= 0.3 is 5.97 Å². The first-order valence-electron chi connectivity index (χ1n) is 5.24. The molecule has 0 aromatic heterocycles. The van der Waals surface area contributed by atoms with E-state index < -0.39 is 12.0 Å². The number of carbonyl (C=O) groups is 2. The molecule has 2 N–H and O–H groups in total. The summed E-state index contributed by atoms with van der Waals surface area (Å²) in [7, 11) is 0. The monoisotopic (exact) mass is 219 g/mol. The van der Waals surface area contributed by atoms with Gasteiger partial charge in [0.1, 0.15) is 6.04 Å². The van der Waals surface area contributed by atoms with Crippen molar-refractivity contribution in [3.8, 4) is 0 Å². The van der Waals surface area contributed by atoms with Gasteiger partial charge in [-0.25, -0.2) is 0 Å². The average Bonchev–Trinajstić information content (AvgIpc) is 2.78. The van der Waals surface area contributed by atoms with Gasteiger partial charge in [-0.1, -0.05) is 30.3 Å². The Morgan fingerprint density at radius 3 is 2.50 bits per heavy atom. The number of hydrogen-bond acceptors (Lipinski definition) is 3. The molecule has 1 heterocycles. The van der Waals surface area contributed by atoms with Crippen molar-refractivity contribution in [2.75, 3.05) is 6.54 Å². The number of hydrogen-bond donors (Lipinski definition) is 2. The summed E-state index contributed by atoms with van der Waals surface area (Å²) in [6.45, 7) is 0.449. The fourth-order valence-corrected chi connectivity index (χ4v) is 1.96. The van der Waals surface area contributed by atoms with E-state index in [9.17, 15) is 9.59 Å². The van der Waals surface area contributed by atoms with E-state index in [1.807, 2.05) is 18.2 Å². The summed E-state index contributed by atoms with van der Waals surface area (Å²) in [5.74, 6) is -1.08. The lowest BCUT2D eigenvalue weighted by molar-refractivity contribution is -0.139. The van der Waals surface area contributed by atoms with Crippen molar-refractivity contribution < 1.29 is 14.7 Å². The summed E-state index contributed by atoms with van der Waals surface area (Å²) < 4.78 is 0. The second-order valence-electron chi connectivity index (χ2n) is 3.96. The Kier molecular flexibility index (Phi) is 3.01. The number of nitrogens with one attached hydrogen (secondary N) is 1. The van der Waals surface area contributed by atoms with Crippen LogP contribution >= 0.6 is 0 Å². The third kappa shape index (κ3) is 2.12. The summed E-state index contributed by atoms with van der Waals surface area (Å²) >= 11 is 0. The van der Waals surface area contributed by atoms with E-state index >= 15 is 0 Å². The highest BCUT2D eigenvalue weighted by molar-refractivity contribution is 5.98. The van der Waals surface area contributed by atoms with Gasteiger partial charge in [0.25, 0.3) is 0 Å². The largest absolute Gasteiger partial charge is 0.480 e. The van der Waals surface area contributed by atoms with Crippen LogP contribution in [0.15, 0.2) is 30.3 Å². The fourth-order valence-electron chi connectivity index (χ4n) is 1.96. The van der Waals surface area contributed by atoms with Gasteiger partial charge in [0.2, 0.25) is 0 Å². The number of Topliss-reactive ketones (excluding diaryl/α,β-unsaturated/α-hetero) is 1. The quantitative estimate of drug-likeness (QED) is 0.742. The highest BCUT2D eigenvalue weighted by atomic mass is 16.4. The summed E-state index contributed by atoms with van der Waals surface area (Å²) in [4.78, 5) is 22.7. The second kappa shape index (κ2) is 4.45. The summed E-state index contributed by atoms with van der Waals surface area (Å²) in [6, 6.07) is 8.41. The number of benzene rings is 1. The van der Waals surface area contributed by atoms with Crippen LogP contribution in [0.3, 0.4) is 0 Å².